The van der Waals surface area contributed by atoms with Crippen molar-refractivity contribution in [1.82, 2.24) is 0 Å². The molecule has 2 aliphatic rings. The minimum Gasteiger partial charge on any atom is -1.00 e. The van der Waals surface area contributed by atoms with Crippen molar-refractivity contribution in [3.05, 3.63) is 62.2 Å². The topological polar surface area (TPSA) is 0 Å². The van der Waals surface area contributed by atoms with Crippen LogP contribution in [0, 0.1) is 0 Å². The third-order valence-electron chi connectivity index (χ3n) is 5.68. The van der Waals surface area contributed by atoms with E-state index in [4.69, 9.17) is 0 Å². The van der Waals surface area contributed by atoms with Gasteiger partial charge in [-0.1, -0.05) is 0 Å². The Balaban J connectivity index is 0.00000144. The Labute approximate surface area is 173 Å². The molecule has 0 fully saturated rings. The first-order valence-electron chi connectivity index (χ1n) is 7.79. The van der Waals surface area contributed by atoms with Crippen LogP contribution in [0.25, 0.3) is 6.08 Å². The number of hydrogen-bond acceptors (Lipinski definition) is 0. The molecule has 3 rings (SSSR count). The molecule has 132 valence electrons. The maximum Gasteiger partial charge on any atom is -1.00 e. The third kappa shape index (κ3) is 3.49. The zero-order chi connectivity index (χ0) is 16.2. The summed E-state index contributed by atoms with van der Waals surface area (Å²) in [6.07, 6.45) is 4.86. The second-order valence-electron chi connectivity index (χ2n) is 6.86. The number of hydrogen-bond donors (Lipinski definition) is 0. The summed E-state index contributed by atoms with van der Waals surface area (Å²) in [6, 6.07) is 6.72. The van der Waals surface area contributed by atoms with Gasteiger partial charge in [0.15, 0.2) is 0 Å². The van der Waals surface area contributed by atoms with Gasteiger partial charge in [-0.2, -0.15) is 0 Å². The Morgan fingerprint density at radius 3 is 2.04 bits per heavy atom. The zero-order valence-electron chi connectivity index (χ0n) is 14.6. The molecule has 0 heterocycles. The molecule has 1 unspecified atom stereocenters. The quantitative estimate of drug-likeness (QED) is 0.393. The van der Waals surface area contributed by atoms with E-state index in [1.165, 1.54) is 10.0 Å². The maximum atomic E-state index is 3.73. The standard InChI is InChI=1S/C9H6Br.C9H13.2ClH.2H2Si.Zr/c10-9-6-2-4-7-3-1-5-8(7)9;1-6-5-7(2)9(4)8(6)3;;;;;/h1-6H;5H,1-4H3;2*1H;2*1H2;/q;;;;;;-2/p-2. The first kappa shape index (κ1) is 22.9. The molecule has 1 aromatic rings. The maximum absolute atomic E-state index is 3.73. The smallest absolute Gasteiger partial charge is 1.00 e. The molecule has 1 atom stereocenters. The monoisotopic (exact) mass is 534 g/mol. The van der Waals surface area contributed by atoms with Crippen LogP contribution in [0.2, 0.25) is 3.63 Å². The van der Waals surface area contributed by atoms with Gasteiger partial charge < -0.3 is 24.8 Å². The molecule has 0 saturated heterocycles. The summed E-state index contributed by atoms with van der Waals surface area (Å²) in [5.74, 6) is 0. The summed E-state index contributed by atoms with van der Waals surface area (Å²) in [5, 5.41) is 0. The second kappa shape index (κ2) is 8.23. The van der Waals surface area contributed by atoms with Crippen LogP contribution in [0.15, 0.2) is 51.0 Å². The van der Waals surface area contributed by atoms with Gasteiger partial charge in [-0.05, 0) is 0 Å². The van der Waals surface area contributed by atoms with Crippen LogP contribution in [0.1, 0.15) is 42.4 Å². The van der Waals surface area contributed by atoms with Gasteiger partial charge in [0.25, 0.3) is 0 Å². The number of allylic oxidation sites excluding steroid dienone is 5. The molecule has 0 aromatic heterocycles. The van der Waals surface area contributed by atoms with Crippen LogP contribution in [0.4, 0.5) is 0 Å². The summed E-state index contributed by atoms with van der Waals surface area (Å²) in [6.45, 7) is 14.2. The molecular weight excluding hydrogens is 514 g/mol. The molecule has 0 amide bonds. The van der Waals surface area contributed by atoms with E-state index in [0.717, 1.165) is 3.63 Å². The van der Waals surface area contributed by atoms with Crippen LogP contribution < -0.4 is 24.8 Å². The molecule has 0 radical (unpaired) electrons. The Hall–Kier alpha value is 0.817. The fourth-order valence-electron chi connectivity index (χ4n) is 4.19. The first-order valence-corrected chi connectivity index (χ1v) is 23.3. The van der Waals surface area contributed by atoms with Crippen LogP contribution in [-0.4, -0.2) is 13.8 Å². The van der Waals surface area contributed by atoms with Crippen molar-refractivity contribution in [2.45, 2.75) is 34.9 Å². The molecule has 1 aromatic carbocycles. The van der Waals surface area contributed by atoms with E-state index in [1.54, 1.807) is 27.9 Å². The van der Waals surface area contributed by atoms with Crippen molar-refractivity contribution < 1.29 is 42.3 Å². The molecule has 2 aliphatic carbocycles. The summed E-state index contributed by atoms with van der Waals surface area (Å²) in [7, 11) is 0. The van der Waals surface area contributed by atoms with Gasteiger partial charge in [0, 0.05) is 0 Å². The van der Waals surface area contributed by atoms with E-state index < -0.39 is 17.5 Å². The molecular formula is C18H23BrCl2Si2Zr-4. The van der Waals surface area contributed by atoms with Gasteiger partial charge >= 0.3 is 150 Å². The van der Waals surface area contributed by atoms with Crippen molar-refractivity contribution in [2.75, 3.05) is 0 Å². The average Bonchev–Trinajstić information content (AvgIpc) is 2.98. The van der Waals surface area contributed by atoms with Crippen molar-refractivity contribution in [2.24, 2.45) is 0 Å². The Kier molecular flexibility index (Phi) is 7.84. The molecule has 0 spiro atoms. The predicted molar refractivity (Wildman–Crippen MR) is 104 cm³/mol. The van der Waals surface area contributed by atoms with Crippen molar-refractivity contribution >= 4 is 35.8 Å². The van der Waals surface area contributed by atoms with Crippen molar-refractivity contribution in [1.29, 1.82) is 0 Å². The van der Waals surface area contributed by atoms with Gasteiger partial charge in [-0.15, -0.1) is 0 Å². The Morgan fingerprint density at radius 1 is 0.958 bits per heavy atom. The molecule has 6 heteroatoms. The number of rotatable bonds is 2. The SMILES string of the molecule is CC1=C(C)[CH]([Zr-2](=[SiH2])(=[SiH2])[CH]2C=Cc3c(Br)cccc32)C(C)=C1C.[Cl-].[Cl-]. The van der Waals surface area contributed by atoms with E-state index in [9.17, 15) is 0 Å². The molecule has 0 N–H and O–H groups in total. The van der Waals surface area contributed by atoms with Crippen LogP contribution >= 0.6 is 15.9 Å². The third-order valence-corrected chi connectivity index (χ3v) is 25.6. The van der Waals surface area contributed by atoms with E-state index in [2.05, 4.69) is 87.7 Å². The number of fused-ring (bicyclic) bond motifs is 1. The van der Waals surface area contributed by atoms with Crippen LogP contribution in [0.5, 0.6) is 0 Å². The van der Waals surface area contributed by atoms with Gasteiger partial charge in [0.2, 0.25) is 0 Å². The van der Waals surface area contributed by atoms with E-state index >= 15 is 0 Å². The molecule has 0 nitrogen and oxygen atoms in total. The van der Waals surface area contributed by atoms with Crippen molar-refractivity contribution in [3.8, 4) is 0 Å². The largest absolute Gasteiger partial charge is 1.00 e. The van der Waals surface area contributed by atoms with E-state index in [0.29, 0.717) is 3.63 Å². The second-order valence-corrected chi connectivity index (χ2v) is 38.2. The summed E-state index contributed by atoms with van der Waals surface area (Å²) in [5.41, 5.74) is 9.41. The summed E-state index contributed by atoms with van der Waals surface area (Å²) >= 11 is 1.36. The Morgan fingerprint density at radius 2 is 1.50 bits per heavy atom. The fraction of sp³-hybridized carbons (Fsp3) is 0.333. The minimum absolute atomic E-state index is 0. The van der Waals surface area contributed by atoms with Gasteiger partial charge in [0.1, 0.15) is 0 Å². The summed E-state index contributed by atoms with van der Waals surface area (Å²) in [4.78, 5) is 0. The van der Waals surface area contributed by atoms with Gasteiger partial charge in [-0.25, -0.2) is 0 Å². The fourth-order valence-corrected chi connectivity index (χ4v) is 25.7. The van der Waals surface area contributed by atoms with Crippen LogP contribution in [0.3, 0.4) is 0 Å². The first-order chi connectivity index (χ1) is 10.3. The van der Waals surface area contributed by atoms with Gasteiger partial charge in [0.05, 0.1) is 0 Å². The molecule has 24 heavy (non-hydrogen) atoms. The molecule has 0 saturated carbocycles. The number of benzene rings is 1. The van der Waals surface area contributed by atoms with Crippen LogP contribution in [-0.2, 0) is 17.5 Å². The van der Waals surface area contributed by atoms with E-state index in [1.807, 2.05) is 0 Å². The molecule has 0 bridgehead atoms. The summed E-state index contributed by atoms with van der Waals surface area (Å²) < 4.78 is 2.72. The molecule has 0 aliphatic heterocycles. The number of halogens is 3. The van der Waals surface area contributed by atoms with E-state index in [-0.39, 0.29) is 24.8 Å². The average molecular weight is 538 g/mol. The van der Waals surface area contributed by atoms with Crippen molar-refractivity contribution in [3.63, 3.8) is 0 Å². The normalized spacial score (nSPS) is 20.1. The predicted octanol–water partition coefficient (Wildman–Crippen LogP) is -1.75. The minimum atomic E-state index is -2.37. The van der Waals surface area contributed by atoms with Gasteiger partial charge in [-0.3, -0.25) is 0 Å². The Bertz CT molecular complexity index is 843. The zero-order valence-corrected chi connectivity index (χ0v) is 23.0.